The second-order valence-electron chi connectivity index (χ2n) is 5.78. The van der Waals surface area contributed by atoms with E-state index in [2.05, 4.69) is 4.90 Å². The number of nitrogens with zero attached hydrogens (tertiary/aromatic N) is 2. The number of aliphatic hydroxyl groups is 1. The van der Waals surface area contributed by atoms with E-state index in [1.807, 2.05) is 18.7 Å². The van der Waals surface area contributed by atoms with Crippen molar-refractivity contribution in [2.45, 2.75) is 38.3 Å². The highest BCUT2D eigenvalue weighted by molar-refractivity contribution is 5.78. The number of carbonyl (C=O) groups is 1. The molecule has 0 aromatic heterocycles. The van der Waals surface area contributed by atoms with Crippen LogP contribution in [-0.4, -0.2) is 71.8 Å². The monoisotopic (exact) mass is 256 g/mol. The van der Waals surface area contributed by atoms with Crippen LogP contribution in [0, 0.1) is 0 Å². The summed E-state index contributed by atoms with van der Waals surface area (Å²) in [6.45, 7) is 7.66. The van der Waals surface area contributed by atoms with Crippen LogP contribution in [0.3, 0.4) is 0 Å². The zero-order valence-electron chi connectivity index (χ0n) is 11.4. The number of morpholine rings is 1. The van der Waals surface area contributed by atoms with Gasteiger partial charge in [-0.05, 0) is 33.2 Å². The largest absolute Gasteiger partial charge is 0.389 e. The van der Waals surface area contributed by atoms with Gasteiger partial charge in [-0.2, -0.15) is 0 Å². The molecule has 2 saturated heterocycles. The standard InChI is InChI=1S/C13H24N2O3/c1-13(2,17)11-4-3-5-15(11)10-12(16)14-6-8-18-9-7-14/h11,17H,3-10H2,1-2H3. The van der Waals surface area contributed by atoms with Gasteiger partial charge in [0.05, 0.1) is 25.4 Å². The third kappa shape index (κ3) is 3.22. The maximum atomic E-state index is 12.2. The van der Waals surface area contributed by atoms with E-state index in [1.54, 1.807) is 0 Å². The summed E-state index contributed by atoms with van der Waals surface area (Å²) >= 11 is 0. The van der Waals surface area contributed by atoms with E-state index >= 15 is 0 Å². The molecule has 1 atom stereocenters. The number of hydrogen-bond donors (Lipinski definition) is 1. The first kappa shape index (κ1) is 13.8. The number of likely N-dealkylation sites (tertiary alicyclic amines) is 1. The van der Waals surface area contributed by atoms with Crippen molar-refractivity contribution in [1.29, 1.82) is 0 Å². The van der Waals surface area contributed by atoms with E-state index < -0.39 is 5.60 Å². The molecule has 2 aliphatic rings. The van der Waals surface area contributed by atoms with Gasteiger partial charge in [-0.3, -0.25) is 9.69 Å². The van der Waals surface area contributed by atoms with E-state index in [0.717, 1.165) is 19.4 Å². The fraction of sp³-hybridized carbons (Fsp3) is 0.923. The first-order valence-electron chi connectivity index (χ1n) is 6.80. The van der Waals surface area contributed by atoms with Gasteiger partial charge in [-0.25, -0.2) is 0 Å². The third-order valence-electron chi connectivity index (χ3n) is 3.88. The normalized spacial score (nSPS) is 26.6. The number of carbonyl (C=O) groups excluding carboxylic acids is 1. The van der Waals surface area contributed by atoms with Crippen LogP contribution in [0.1, 0.15) is 26.7 Å². The summed E-state index contributed by atoms with van der Waals surface area (Å²) < 4.78 is 5.25. The molecule has 5 heteroatoms. The van der Waals surface area contributed by atoms with E-state index in [0.29, 0.717) is 32.8 Å². The van der Waals surface area contributed by atoms with Gasteiger partial charge in [0.1, 0.15) is 0 Å². The molecule has 1 unspecified atom stereocenters. The molecule has 2 fully saturated rings. The molecule has 0 bridgehead atoms. The lowest BCUT2D eigenvalue weighted by Crippen LogP contribution is -2.51. The SMILES string of the molecule is CC(C)(O)C1CCCN1CC(=O)N1CCOCC1. The minimum Gasteiger partial charge on any atom is -0.389 e. The highest BCUT2D eigenvalue weighted by atomic mass is 16.5. The van der Waals surface area contributed by atoms with Gasteiger partial charge in [0.15, 0.2) is 0 Å². The highest BCUT2D eigenvalue weighted by Gasteiger charge is 2.37. The van der Waals surface area contributed by atoms with Crippen LogP contribution < -0.4 is 0 Å². The van der Waals surface area contributed by atoms with Crippen molar-refractivity contribution in [3.05, 3.63) is 0 Å². The Hall–Kier alpha value is -0.650. The molecular formula is C13H24N2O3. The maximum absolute atomic E-state index is 12.2. The first-order chi connectivity index (χ1) is 8.48. The Morgan fingerprint density at radius 3 is 2.61 bits per heavy atom. The average molecular weight is 256 g/mol. The number of hydrogen-bond acceptors (Lipinski definition) is 4. The van der Waals surface area contributed by atoms with Crippen LogP contribution in [0.2, 0.25) is 0 Å². The van der Waals surface area contributed by atoms with E-state index in [-0.39, 0.29) is 11.9 Å². The Morgan fingerprint density at radius 1 is 1.33 bits per heavy atom. The Kier molecular flexibility index (Phi) is 4.25. The Balaban J connectivity index is 1.89. The van der Waals surface area contributed by atoms with Crippen molar-refractivity contribution in [2.75, 3.05) is 39.4 Å². The van der Waals surface area contributed by atoms with E-state index in [1.165, 1.54) is 0 Å². The summed E-state index contributed by atoms with van der Waals surface area (Å²) in [5.74, 6) is 0.162. The van der Waals surface area contributed by atoms with Crippen molar-refractivity contribution >= 4 is 5.91 Å². The quantitative estimate of drug-likeness (QED) is 0.777. The number of ether oxygens (including phenoxy) is 1. The van der Waals surface area contributed by atoms with Crippen LogP contribution in [0.4, 0.5) is 0 Å². The minimum absolute atomic E-state index is 0.0995. The first-order valence-corrected chi connectivity index (χ1v) is 6.80. The fourth-order valence-electron chi connectivity index (χ4n) is 2.90. The van der Waals surface area contributed by atoms with Gasteiger partial charge in [0.25, 0.3) is 0 Å². The summed E-state index contributed by atoms with van der Waals surface area (Å²) in [6.07, 6.45) is 2.03. The Morgan fingerprint density at radius 2 is 2.00 bits per heavy atom. The van der Waals surface area contributed by atoms with Crippen LogP contribution in [-0.2, 0) is 9.53 Å². The number of amides is 1. The molecule has 0 saturated carbocycles. The minimum atomic E-state index is -0.734. The molecule has 2 aliphatic heterocycles. The van der Waals surface area contributed by atoms with Gasteiger partial charge in [0.2, 0.25) is 5.91 Å². The molecule has 0 spiro atoms. The lowest BCUT2D eigenvalue weighted by molar-refractivity contribution is -0.137. The molecule has 104 valence electrons. The summed E-state index contributed by atoms with van der Waals surface area (Å²) in [7, 11) is 0. The predicted octanol–water partition coefficient (Wildman–Crippen LogP) is 0.0805. The molecular weight excluding hydrogens is 232 g/mol. The van der Waals surface area contributed by atoms with Crippen LogP contribution in [0.5, 0.6) is 0 Å². The average Bonchev–Trinajstić information content (AvgIpc) is 2.78. The third-order valence-corrected chi connectivity index (χ3v) is 3.88. The van der Waals surface area contributed by atoms with Crippen molar-refractivity contribution in [3.63, 3.8) is 0 Å². The second-order valence-corrected chi connectivity index (χ2v) is 5.78. The van der Waals surface area contributed by atoms with Crippen molar-refractivity contribution in [3.8, 4) is 0 Å². The molecule has 0 aliphatic carbocycles. The van der Waals surface area contributed by atoms with Crippen molar-refractivity contribution in [1.82, 2.24) is 9.80 Å². The van der Waals surface area contributed by atoms with Crippen LogP contribution >= 0.6 is 0 Å². The van der Waals surface area contributed by atoms with Gasteiger partial charge in [-0.15, -0.1) is 0 Å². The summed E-state index contributed by atoms with van der Waals surface area (Å²) in [5, 5.41) is 10.1. The number of rotatable bonds is 3. The molecule has 5 nitrogen and oxygen atoms in total. The van der Waals surface area contributed by atoms with E-state index in [9.17, 15) is 9.90 Å². The maximum Gasteiger partial charge on any atom is 0.236 e. The molecule has 1 amide bonds. The zero-order valence-corrected chi connectivity index (χ0v) is 11.4. The van der Waals surface area contributed by atoms with Gasteiger partial charge < -0.3 is 14.7 Å². The van der Waals surface area contributed by atoms with E-state index in [4.69, 9.17) is 4.74 Å². The smallest absolute Gasteiger partial charge is 0.236 e. The van der Waals surface area contributed by atoms with Crippen LogP contribution in [0.15, 0.2) is 0 Å². The van der Waals surface area contributed by atoms with Gasteiger partial charge in [0, 0.05) is 19.1 Å². The molecule has 2 heterocycles. The molecule has 1 N–H and O–H groups in total. The second kappa shape index (κ2) is 5.55. The van der Waals surface area contributed by atoms with Gasteiger partial charge in [-0.1, -0.05) is 0 Å². The molecule has 0 aromatic rings. The summed E-state index contributed by atoms with van der Waals surface area (Å²) in [5.41, 5.74) is -0.734. The highest BCUT2D eigenvalue weighted by Crippen LogP contribution is 2.26. The summed E-state index contributed by atoms with van der Waals surface area (Å²) in [4.78, 5) is 16.2. The molecule has 0 radical (unpaired) electrons. The van der Waals surface area contributed by atoms with Crippen molar-refractivity contribution < 1.29 is 14.6 Å². The fourth-order valence-corrected chi connectivity index (χ4v) is 2.90. The Labute approximate surface area is 109 Å². The lowest BCUT2D eigenvalue weighted by Gasteiger charge is -2.35. The molecule has 0 aromatic carbocycles. The molecule has 18 heavy (non-hydrogen) atoms. The van der Waals surface area contributed by atoms with Crippen molar-refractivity contribution in [2.24, 2.45) is 0 Å². The summed E-state index contributed by atoms with van der Waals surface area (Å²) in [6, 6.07) is 0.0995. The molecule has 2 rings (SSSR count). The van der Waals surface area contributed by atoms with Crippen LogP contribution in [0.25, 0.3) is 0 Å². The van der Waals surface area contributed by atoms with Gasteiger partial charge >= 0.3 is 0 Å². The zero-order chi connectivity index (χ0) is 13.2. The lowest BCUT2D eigenvalue weighted by atomic mass is 9.97. The Bertz CT molecular complexity index is 295. The predicted molar refractivity (Wildman–Crippen MR) is 68.3 cm³/mol. The topological polar surface area (TPSA) is 53.0 Å².